The van der Waals surface area contributed by atoms with Crippen LogP contribution in [0.15, 0.2) is 42.5 Å². The van der Waals surface area contributed by atoms with E-state index in [1.165, 1.54) is 16.3 Å². The molecule has 0 bridgehead atoms. The minimum absolute atomic E-state index is 0.308. The predicted octanol–water partition coefficient (Wildman–Crippen LogP) is 4.32. The van der Waals surface area contributed by atoms with Gasteiger partial charge in [0, 0.05) is 0 Å². The van der Waals surface area contributed by atoms with Gasteiger partial charge in [0.1, 0.15) is 0 Å². The van der Waals surface area contributed by atoms with Crippen molar-refractivity contribution in [3.05, 3.63) is 48.0 Å². The minimum Gasteiger partial charge on any atom is -0.450 e. The quantitative estimate of drug-likeness (QED) is 0.658. The molecule has 0 atom stereocenters. The summed E-state index contributed by atoms with van der Waals surface area (Å²) >= 11 is 0. The van der Waals surface area contributed by atoms with Crippen LogP contribution in [0.5, 0.6) is 0 Å². The highest BCUT2D eigenvalue weighted by molar-refractivity contribution is 6.76. The van der Waals surface area contributed by atoms with E-state index in [9.17, 15) is 4.79 Å². The van der Waals surface area contributed by atoms with Crippen molar-refractivity contribution in [3.8, 4) is 0 Å². The predicted molar refractivity (Wildman–Crippen MR) is 83.9 cm³/mol. The zero-order valence-corrected chi connectivity index (χ0v) is 12.9. The fourth-order valence-electron chi connectivity index (χ4n) is 2.40. The average Bonchev–Trinajstić information content (AvgIpc) is 2.37. The topological polar surface area (TPSA) is 46.5 Å². The van der Waals surface area contributed by atoms with Gasteiger partial charge in [-0.2, -0.15) is 0 Å². The van der Waals surface area contributed by atoms with Gasteiger partial charge in [0.05, 0.1) is 14.7 Å². The number of hydrogen-bond donors (Lipinski definition) is 1. The maximum Gasteiger partial charge on any atom is 0.505 e. The Labute approximate surface area is 120 Å². The molecule has 2 rings (SSSR count). The van der Waals surface area contributed by atoms with E-state index in [1.807, 2.05) is 6.07 Å². The summed E-state index contributed by atoms with van der Waals surface area (Å²) in [5.74, 6) is 0. The summed E-state index contributed by atoms with van der Waals surface area (Å²) < 4.78 is 4.64. The van der Waals surface area contributed by atoms with Crippen molar-refractivity contribution >= 4 is 25.0 Å². The molecule has 0 aliphatic rings. The molecule has 4 heteroatoms. The maximum absolute atomic E-state index is 10.4. The monoisotopic (exact) mass is 288 g/mol. The smallest absolute Gasteiger partial charge is 0.450 e. The van der Waals surface area contributed by atoms with Crippen molar-refractivity contribution in [1.82, 2.24) is 0 Å². The Morgan fingerprint density at radius 3 is 2.55 bits per heavy atom. The Balaban J connectivity index is 2.04. The highest BCUT2D eigenvalue weighted by atomic mass is 28.3. The van der Waals surface area contributed by atoms with Gasteiger partial charge in [-0.05, 0) is 22.9 Å². The molecule has 20 heavy (non-hydrogen) atoms. The number of carbonyl (C=O) groups is 1. The van der Waals surface area contributed by atoms with Crippen LogP contribution in [0.3, 0.4) is 0 Å². The third-order valence-electron chi connectivity index (χ3n) is 3.50. The summed E-state index contributed by atoms with van der Waals surface area (Å²) in [7, 11) is -1.49. The van der Waals surface area contributed by atoms with E-state index in [0.717, 1.165) is 12.1 Å². The second-order valence-corrected chi connectivity index (χ2v) is 11.1. The Morgan fingerprint density at radius 1 is 1.15 bits per heavy atom. The third-order valence-corrected chi connectivity index (χ3v) is 6.42. The molecule has 2 aromatic rings. The standard InChI is InChI=1S/C16H20O3Si/c1-20(2,10-9-19-16(17)18)12-13-7-8-14-5-3-4-6-15(14)11-13/h3-8,11H,9-10,12H2,1-2H3,(H,17,18). The normalized spacial score (nSPS) is 11.5. The second kappa shape index (κ2) is 6.09. The van der Waals surface area contributed by atoms with Crippen molar-refractivity contribution in [3.63, 3.8) is 0 Å². The van der Waals surface area contributed by atoms with Gasteiger partial charge in [-0.1, -0.05) is 61.1 Å². The second-order valence-electron chi connectivity index (χ2n) is 5.89. The van der Waals surface area contributed by atoms with Crippen molar-refractivity contribution in [2.45, 2.75) is 25.2 Å². The molecule has 106 valence electrons. The average molecular weight is 288 g/mol. The molecule has 0 fully saturated rings. The van der Waals surface area contributed by atoms with E-state index in [4.69, 9.17) is 5.11 Å². The van der Waals surface area contributed by atoms with Crippen LogP contribution in [0.25, 0.3) is 10.8 Å². The number of carboxylic acid groups (broad SMARTS) is 1. The molecule has 2 aromatic carbocycles. The number of fused-ring (bicyclic) bond motifs is 1. The van der Waals surface area contributed by atoms with Crippen LogP contribution >= 0.6 is 0 Å². The lowest BCUT2D eigenvalue weighted by Gasteiger charge is -2.22. The molecular weight excluding hydrogens is 268 g/mol. The Kier molecular flexibility index (Phi) is 4.45. The molecule has 0 saturated carbocycles. The van der Waals surface area contributed by atoms with Gasteiger partial charge in [0.2, 0.25) is 0 Å². The number of ether oxygens (including phenoxy) is 1. The molecule has 0 saturated heterocycles. The van der Waals surface area contributed by atoms with E-state index in [1.54, 1.807) is 0 Å². The summed E-state index contributed by atoms with van der Waals surface area (Å²) in [4.78, 5) is 10.4. The van der Waals surface area contributed by atoms with E-state index >= 15 is 0 Å². The highest BCUT2D eigenvalue weighted by Gasteiger charge is 2.21. The summed E-state index contributed by atoms with van der Waals surface area (Å²) in [5, 5.41) is 11.0. The van der Waals surface area contributed by atoms with Crippen LogP contribution in [0, 0.1) is 0 Å². The van der Waals surface area contributed by atoms with Crippen LogP contribution < -0.4 is 0 Å². The van der Waals surface area contributed by atoms with Crippen LogP contribution in [0.2, 0.25) is 19.1 Å². The molecule has 0 spiro atoms. The first-order valence-corrected chi connectivity index (χ1v) is 10.2. The van der Waals surface area contributed by atoms with Crippen molar-refractivity contribution in [2.24, 2.45) is 0 Å². The zero-order valence-electron chi connectivity index (χ0n) is 11.9. The Morgan fingerprint density at radius 2 is 1.85 bits per heavy atom. The van der Waals surface area contributed by atoms with E-state index in [-0.39, 0.29) is 0 Å². The summed E-state index contributed by atoms with van der Waals surface area (Å²) in [5.41, 5.74) is 1.33. The van der Waals surface area contributed by atoms with Gasteiger partial charge in [0.15, 0.2) is 0 Å². The van der Waals surface area contributed by atoms with Crippen LogP contribution in [0.1, 0.15) is 5.56 Å². The SMILES string of the molecule is C[Si](C)(CCOC(=O)O)Cc1ccc2ccccc2c1. The summed E-state index contributed by atoms with van der Waals surface area (Å²) in [6.45, 7) is 4.85. The molecule has 0 radical (unpaired) electrons. The number of rotatable bonds is 5. The van der Waals surface area contributed by atoms with Gasteiger partial charge in [-0.15, -0.1) is 0 Å². The van der Waals surface area contributed by atoms with Crippen molar-refractivity contribution in [2.75, 3.05) is 6.61 Å². The Hall–Kier alpha value is -1.81. The van der Waals surface area contributed by atoms with E-state index in [0.29, 0.717) is 6.61 Å². The van der Waals surface area contributed by atoms with Crippen molar-refractivity contribution < 1.29 is 14.6 Å². The van der Waals surface area contributed by atoms with Gasteiger partial charge < -0.3 is 9.84 Å². The molecule has 0 aromatic heterocycles. The fraction of sp³-hybridized carbons (Fsp3) is 0.312. The molecular formula is C16H20O3Si. The first-order valence-electron chi connectivity index (χ1n) is 6.80. The molecule has 1 N–H and O–H groups in total. The number of benzene rings is 2. The largest absolute Gasteiger partial charge is 0.505 e. The summed E-state index contributed by atoms with van der Waals surface area (Å²) in [6, 6.07) is 16.8. The number of hydrogen-bond acceptors (Lipinski definition) is 2. The van der Waals surface area contributed by atoms with E-state index in [2.05, 4.69) is 54.2 Å². The first kappa shape index (κ1) is 14.6. The van der Waals surface area contributed by atoms with Gasteiger partial charge in [0.25, 0.3) is 0 Å². The summed E-state index contributed by atoms with van der Waals surface area (Å²) in [6.07, 6.45) is -1.18. The van der Waals surface area contributed by atoms with Gasteiger partial charge in [-0.3, -0.25) is 0 Å². The zero-order chi connectivity index (χ0) is 14.6. The molecule has 0 heterocycles. The van der Waals surface area contributed by atoms with Gasteiger partial charge >= 0.3 is 6.16 Å². The van der Waals surface area contributed by atoms with Gasteiger partial charge in [-0.25, -0.2) is 4.79 Å². The van der Waals surface area contributed by atoms with Crippen LogP contribution in [0.4, 0.5) is 4.79 Å². The van der Waals surface area contributed by atoms with Crippen LogP contribution in [-0.2, 0) is 10.8 Å². The fourth-order valence-corrected chi connectivity index (χ4v) is 4.56. The Bertz CT molecular complexity index is 607. The lowest BCUT2D eigenvalue weighted by Crippen LogP contribution is -2.31. The van der Waals surface area contributed by atoms with Crippen LogP contribution in [-0.4, -0.2) is 25.9 Å². The van der Waals surface area contributed by atoms with Crippen molar-refractivity contribution in [1.29, 1.82) is 0 Å². The highest BCUT2D eigenvalue weighted by Crippen LogP contribution is 2.21. The molecule has 3 nitrogen and oxygen atoms in total. The molecule has 0 unspecified atom stereocenters. The minimum atomic E-state index is -1.49. The third kappa shape index (κ3) is 4.10. The lowest BCUT2D eigenvalue weighted by atomic mass is 10.1. The maximum atomic E-state index is 10.4. The molecule has 0 amide bonds. The molecule has 0 aliphatic heterocycles. The lowest BCUT2D eigenvalue weighted by molar-refractivity contribution is 0.0963. The van der Waals surface area contributed by atoms with E-state index < -0.39 is 14.2 Å². The first-order chi connectivity index (χ1) is 9.46. The molecule has 0 aliphatic carbocycles.